The number of nitrogens with zero attached hydrogens (tertiary/aromatic N) is 1. The smallest absolute Gasteiger partial charge is 0.241 e. The van der Waals surface area contributed by atoms with Crippen molar-refractivity contribution in [2.24, 2.45) is 0 Å². The molecule has 1 aromatic carbocycles. The van der Waals surface area contributed by atoms with E-state index in [2.05, 4.69) is 10.6 Å². The van der Waals surface area contributed by atoms with Crippen molar-refractivity contribution in [3.63, 3.8) is 0 Å². The number of piperidine rings is 1. The Kier molecular flexibility index (Phi) is 10.4. The Labute approximate surface area is 154 Å². The van der Waals surface area contributed by atoms with E-state index >= 15 is 0 Å². The van der Waals surface area contributed by atoms with Gasteiger partial charge in [-0.3, -0.25) is 4.79 Å². The first-order chi connectivity index (χ1) is 10.1. The molecule has 1 aliphatic rings. The first-order valence-electron chi connectivity index (χ1n) is 7.16. The molecule has 1 heterocycles. The van der Waals surface area contributed by atoms with E-state index < -0.39 is 0 Å². The standard InChI is InChI=1S/C15H22ClN3O2.2ClH/c1-17-12-4-3-7-19(10-12)15(20)9-18-13-8-11(16)5-6-14(13)21-2;;/h5-6,8,12,17-18H,3-4,7,9-10H2,1-2H3;2*1H. The van der Waals surface area contributed by atoms with Gasteiger partial charge in [-0.2, -0.15) is 0 Å². The van der Waals surface area contributed by atoms with Crippen LogP contribution in [0.3, 0.4) is 0 Å². The van der Waals surface area contributed by atoms with Crippen LogP contribution in [0.25, 0.3) is 0 Å². The second kappa shape index (κ2) is 10.8. The summed E-state index contributed by atoms with van der Waals surface area (Å²) in [5, 5.41) is 6.96. The van der Waals surface area contributed by atoms with E-state index in [1.54, 1.807) is 25.3 Å². The highest BCUT2D eigenvalue weighted by molar-refractivity contribution is 6.30. The molecule has 2 rings (SSSR count). The van der Waals surface area contributed by atoms with Gasteiger partial charge in [0.2, 0.25) is 5.91 Å². The number of hydrogen-bond acceptors (Lipinski definition) is 4. The molecule has 0 aliphatic carbocycles. The molecule has 1 atom stereocenters. The number of methoxy groups -OCH3 is 1. The maximum Gasteiger partial charge on any atom is 0.241 e. The highest BCUT2D eigenvalue weighted by Crippen LogP contribution is 2.27. The van der Waals surface area contributed by atoms with Crippen LogP contribution in [-0.2, 0) is 4.79 Å². The van der Waals surface area contributed by atoms with Gasteiger partial charge in [0.15, 0.2) is 0 Å². The van der Waals surface area contributed by atoms with Crippen LogP contribution in [0, 0.1) is 0 Å². The molecule has 5 nitrogen and oxygen atoms in total. The summed E-state index contributed by atoms with van der Waals surface area (Å²) >= 11 is 5.98. The largest absolute Gasteiger partial charge is 0.495 e. The molecule has 0 radical (unpaired) electrons. The molecular weight excluding hydrogens is 361 g/mol. The van der Waals surface area contributed by atoms with Crippen LogP contribution in [0.5, 0.6) is 5.75 Å². The minimum atomic E-state index is 0. The van der Waals surface area contributed by atoms with Crippen molar-refractivity contribution in [1.29, 1.82) is 0 Å². The minimum Gasteiger partial charge on any atom is -0.495 e. The number of ether oxygens (including phenoxy) is 1. The summed E-state index contributed by atoms with van der Waals surface area (Å²) in [6, 6.07) is 5.70. The zero-order valence-corrected chi connectivity index (χ0v) is 15.7. The first kappa shape index (κ1) is 22.1. The van der Waals surface area contributed by atoms with E-state index in [1.807, 2.05) is 11.9 Å². The van der Waals surface area contributed by atoms with Gasteiger partial charge in [0.1, 0.15) is 5.75 Å². The summed E-state index contributed by atoms with van der Waals surface area (Å²) in [5.41, 5.74) is 0.737. The number of halogens is 3. The number of likely N-dealkylation sites (tertiary alicyclic amines) is 1. The predicted octanol–water partition coefficient (Wildman–Crippen LogP) is 2.81. The molecular formula is C15H24Cl3N3O2. The number of carbonyl (C=O) groups excluding carboxylic acids is 1. The van der Waals surface area contributed by atoms with Crippen LogP contribution >= 0.6 is 36.4 Å². The maximum atomic E-state index is 12.3. The average molecular weight is 385 g/mol. The molecule has 23 heavy (non-hydrogen) atoms. The fourth-order valence-electron chi connectivity index (χ4n) is 2.54. The average Bonchev–Trinajstić information content (AvgIpc) is 2.52. The third kappa shape index (κ3) is 6.26. The van der Waals surface area contributed by atoms with Gasteiger partial charge in [-0.25, -0.2) is 0 Å². The van der Waals surface area contributed by atoms with Gasteiger partial charge in [-0.15, -0.1) is 24.8 Å². The summed E-state index contributed by atoms with van der Waals surface area (Å²) < 4.78 is 5.26. The van der Waals surface area contributed by atoms with E-state index in [0.717, 1.165) is 31.6 Å². The van der Waals surface area contributed by atoms with Gasteiger partial charge >= 0.3 is 0 Å². The van der Waals surface area contributed by atoms with Crippen LogP contribution in [-0.4, -0.2) is 50.6 Å². The number of anilines is 1. The van der Waals surface area contributed by atoms with Crippen molar-refractivity contribution in [2.45, 2.75) is 18.9 Å². The molecule has 1 amide bonds. The van der Waals surface area contributed by atoms with E-state index in [0.29, 0.717) is 16.8 Å². The fraction of sp³-hybridized carbons (Fsp3) is 0.533. The van der Waals surface area contributed by atoms with E-state index in [-0.39, 0.29) is 37.3 Å². The number of amides is 1. The van der Waals surface area contributed by atoms with Crippen molar-refractivity contribution in [1.82, 2.24) is 10.2 Å². The van der Waals surface area contributed by atoms with E-state index in [4.69, 9.17) is 16.3 Å². The van der Waals surface area contributed by atoms with Crippen LogP contribution < -0.4 is 15.4 Å². The highest BCUT2D eigenvalue weighted by atomic mass is 35.5. The topological polar surface area (TPSA) is 53.6 Å². The van der Waals surface area contributed by atoms with Gasteiger partial charge in [-0.1, -0.05) is 11.6 Å². The SMILES string of the molecule is CNC1CCCN(C(=O)CNc2cc(Cl)ccc2OC)C1.Cl.Cl. The molecule has 1 aliphatic heterocycles. The fourth-order valence-corrected chi connectivity index (χ4v) is 2.71. The lowest BCUT2D eigenvalue weighted by Crippen LogP contribution is -2.48. The van der Waals surface area contributed by atoms with Crippen molar-refractivity contribution >= 4 is 48.0 Å². The van der Waals surface area contributed by atoms with Crippen LogP contribution in [0.2, 0.25) is 5.02 Å². The minimum absolute atomic E-state index is 0. The lowest BCUT2D eigenvalue weighted by Gasteiger charge is -2.32. The summed E-state index contributed by atoms with van der Waals surface area (Å²) in [6.45, 7) is 1.84. The number of likely N-dealkylation sites (N-methyl/N-ethyl adjacent to an activating group) is 1. The van der Waals surface area contributed by atoms with Crippen LogP contribution in [0.4, 0.5) is 5.69 Å². The summed E-state index contributed by atoms with van der Waals surface area (Å²) in [6.07, 6.45) is 2.16. The Bertz CT molecular complexity index is 503. The molecule has 132 valence electrons. The van der Waals surface area contributed by atoms with E-state index in [9.17, 15) is 4.79 Å². The van der Waals surface area contributed by atoms with Crippen molar-refractivity contribution in [3.05, 3.63) is 23.2 Å². The lowest BCUT2D eigenvalue weighted by atomic mass is 10.1. The van der Waals surface area contributed by atoms with Crippen molar-refractivity contribution in [3.8, 4) is 5.75 Å². The maximum absolute atomic E-state index is 12.3. The van der Waals surface area contributed by atoms with Gasteiger partial charge in [-0.05, 0) is 38.1 Å². The number of benzene rings is 1. The Balaban J connectivity index is 0.00000242. The Morgan fingerprint density at radius 1 is 1.43 bits per heavy atom. The molecule has 1 unspecified atom stereocenters. The number of carbonyl (C=O) groups is 1. The molecule has 1 saturated heterocycles. The van der Waals surface area contributed by atoms with Crippen molar-refractivity contribution in [2.75, 3.05) is 39.1 Å². The molecule has 1 fully saturated rings. The van der Waals surface area contributed by atoms with Crippen LogP contribution in [0.1, 0.15) is 12.8 Å². The Morgan fingerprint density at radius 2 is 2.17 bits per heavy atom. The predicted molar refractivity (Wildman–Crippen MR) is 99.7 cm³/mol. The lowest BCUT2D eigenvalue weighted by molar-refractivity contribution is -0.130. The van der Waals surface area contributed by atoms with Gasteiger partial charge in [0.25, 0.3) is 0 Å². The Morgan fingerprint density at radius 3 is 2.83 bits per heavy atom. The van der Waals surface area contributed by atoms with Gasteiger partial charge in [0, 0.05) is 24.2 Å². The quantitative estimate of drug-likeness (QED) is 0.819. The second-order valence-corrected chi connectivity index (χ2v) is 5.60. The zero-order valence-electron chi connectivity index (χ0n) is 13.3. The molecule has 0 spiro atoms. The molecule has 8 heteroatoms. The number of hydrogen-bond donors (Lipinski definition) is 2. The number of rotatable bonds is 5. The third-order valence-electron chi connectivity index (χ3n) is 3.77. The molecule has 2 N–H and O–H groups in total. The van der Waals surface area contributed by atoms with Crippen LogP contribution in [0.15, 0.2) is 18.2 Å². The molecule has 1 aromatic rings. The number of nitrogens with one attached hydrogen (secondary N) is 2. The first-order valence-corrected chi connectivity index (χ1v) is 7.54. The second-order valence-electron chi connectivity index (χ2n) is 5.17. The Hall–Kier alpha value is -0.880. The normalized spacial score (nSPS) is 16.8. The monoisotopic (exact) mass is 383 g/mol. The van der Waals surface area contributed by atoms with Crippen molar-refractivity contribution < 1.29 is 9.53 Å². The molecule has 0 bridgehead atoms. The molecule has 0 saturated carbocycles. The van der Waals surface area contributed by atoms with Gasteiger partial charge in [0.05, 0.1) is 19.3 Å². The third-order valence-corrected chi connectivity index (χ3v) is 4.01. The highest BCUT2D eigenvalue weighted by Gasteiger charge is 2.22. The van der Waals surface area contributed by atoms with E-state index in [1.165, 1.54) is 0 Å². The summed E-state index contributed by atoms with van der Waals surface area (Å²) in [4.78, 5) is 14.2. The summed E-state index contributed by atoms with van der Waals surface area (Å²) in [7, 11) is 3.53. The molecule has 0 aromatic heterocycles. The van der Waals surface area contributed by atoms with Gasteiger partial charge < -0.3 is 20.3 Å². The zero-order chi connectivity index (χ0) is 15.2. The summed E-state index contributed by atoms with van der Waals surface area (Å²) in [5.74, 6) is 0.774.